The number of unbranched alkanes of at least 4 members (excludes halogenated alkanes) is 1. The minimum Gasteiger partial charge on any atom is -0.315 e. The Morgan fingerprint density at radius 2 is 2.00 bits per heavy atom. The zero-order valence-electron chi connectivity index (χ0n) is 8.81. The highest BCUT2D eigenvalue weighted by Crippen LogP contribution is 1.90. The third-order valence-electron chi connectivity index (χ3n) is 2.52. The van der Waals surface area contributed by atoms with Gasteiger partial charge >= 0.3 is 0 Å². The molecule has 3 nitrogen and oxygen atoms in total. The Hall–Kier alpha value is -0.120. The number of nitrogens with zero attached hydrogens (tertiary/aromatic N) is 1. The molecule has 0 unspecified atom stereocenters. The van der Waals surface area contributed by atoms with Crippen molar-refractivity contribution in [2.45, 2.75) is 19.8 Å². The van der Waals surface area contributed by atoms with Crippen LogP contribution in [0, 0.1) is 0 Å². The predicted molar refractivity (Wildman–Crippen MR) is 57.1 cm³/mol. The Labute approximate surface area is 81.9 Å². The molecule has 0 spiro atoms. The summed E-state index contributed by atoms with van der Waals surface area (Å²) >= 11 is 0. The van der Waals surface area contributed by atoms with Crippen LogP contribution in [0.5, 0.6) is 0 Å². The van der Waals surface area contributed by atoms with Crippen LogP contribution < -0.4 is 10.6 Å². The summed E-state index contributed by atoms with van der Waals surface area (Å²) < 4.78 is 0. The van der Waals surface area contributed by atoms with Gasteiger partial charge in [-0.3, -0.25) is 4.90 Å². The van der Waals surface area contributed by atoms with E-state index in [4.69, 9.17) is 0 Å². The van der Waals surface area contributed by atoms with Gasteiger partial charge in [-0.05, 0) is 13.0 Å². The zero-order valence-corrected chi connectivity index (χ0v) is 8.81. The first-order chi connectivity index (χ1) is 6.43. The molecule has 0 amide bonds. The molecule has 0 aromatic heterocycles. The normalized spacial score (nSPS) is 19.2. The lowest BCUT2D eigenvalue weighted by Gasteiger charge is -2.27. The average molecular weight is 185 g/mol. The van der Waals surface area contributed by atoms with Crippen molar-refractivity contribution in [2.24, 2.45) is 0 Å². The van der Waals surface area contributed by atoms with Gasteiger partial charge in [0, 0.05) is 39.3 Å². The van der Waals surface area contributed by atoms with E-state index in [0.29, 0.717) is 0 Å². The fourth-order valence-corrected chi connectivity index (χ4v) is 1.60. The fraction of sp³-hybridized carbons (Fsp3) is 1.00. The second-order valence-electron chi connectivity index (χ2n) is 3.70. The average Bonchev–Trinajstić information content (AvgIpc) is 2.19. The topological polar surface area (TPSA) is 27.3 Å². The molecule has 0 aromatic rings. The summed E-state index contributed by atoms with van der Waals surface area (Å²) in [6.07, 6.45) is 2.60. The Morgan fingerprint density at radius 3 is 2.69 bits per heavy atom. The lowest BCUT2D eigenvalue weighted by molar-refractivity contribution is 0.241. The van der Waals surface area contributed by atoms with Gasteiger partial charge in [-0.1, -0.05) is 13.3 Å². The molecule has 3 heteroatoms. The standard InChI is InChI=1S/C10H23N3/c1-2-3-4-11-5-8-13-9-6-12-7-10-13/h11-12H,2-10H2,1H3. The van der Waals surface area contributed by atoms with Crippen LogP contribution in [0.3, 0.4) is 0 Å². The van der Waals surface area contributed by atoms with Gasteiger partial charge in [-0.2, -0.15) is 0 Å². The van der Waals surface area contributed by atoms with E-state index in [-0.39, 0.29) is 0 Å². The zero-order chi connectivity index (χ0) is 9.36. The van der Waals surface area contributed by atoms with Crippen molar-refractivity contribution in [1.29, 1.82) is 0 Å². The molecule has 0 aromatic carbocycles. The quantitative estimate of drug-likeness (QED) is 0.582. The minimum atomic E-state index is 1.15. The van der Waals surface area contributed by atoms with Crippen LogP contribution in [0.25, 0.3) is 0 Å². The Bertz CT molecular complexity index is 111. The number of rotatable bonds is 6. The van der Waals surface area contributed by atoms with Crippen LogP contribution in [0.2, 0.25) is 0 Å². The molecule has 1 aliphatic rings. The molecule has 0 aliphatic carbocycles. The summed E-state index contributed by atoms with van der Waals surface area (Å²) in [5.41, 5.74) is 0. The van der Waals surface area contributed by atoms with E-state index >= 15 is 0 Å². The van der Waals surface area contributed by atoms with E-state index in [2.05, 4.69) is 22.5 Å². The Kier molecular flexibility index (Phi) is 6.15. The van der Waals surface area contributed by atoms with E-state index in [1.54, 1.807) is 0 Å². The molecule has 1 rings (SSSR count). The number of hydrogen-bond acceptors (Lipinski definition) is 3. The lowest BCUT2D eigenvalue weighted by Crippen LogP contribution is -2.45. The van der Waals surface area contributed by atoms with Crippen molar-refractivity contribution >= 4 is 0 Å². The molecule has 0 saturated carbocycles. The highest BCUT2D eigenvalue weighted by Gasteiger charge is 2.07. The van der Waals surface area contributed by atoms with Crippen LogP contribution in [0.1, 0.15) is 19.8 Å². The van der Waals surface area contributed by atoms with Crippen molar-refractivity contribution in [3.63, 3.8) is 0 Å². The third-order valence-corrected chi connectivity index (χ3v) is 2.52. The minimum absolute atomic E-state index is 1.15. The maximum absolute atomic E-state index is 3.47. The van der Waals surface area contributed by atoms with Crippen LogP contribution in [0.15, 0.2) is 0 Å². The largest absolute Gasteiger partial charge is 0.315 e. The van der Waals surface area contributed by atoms with E-state index in [1.165, 1.54) is 39.0 Å². The van der Waals surface area contributed by atoms with Gasteiger partial charge in [0.05, 0.1) is 0 Å². The smallest absolute Gasteiger partial charge is 0.0108 e. The Balaban J connectivity index is 1.86. The van der Waals surface area contributed by atoms with Gasteiger partial charge in [0.25, 0.3) is 0 Å². The molecule has 1 fully saturated rings. The summed E-state index contributed by atoms with van der Waals surface area (Å²) in [6, 6.07) is 0. The van der Waals surface area contributed by atoms with Gasteiger partial charge in [-0.15, -0.1) is 0 Å². The first-order valence-corrected chi connectivity index (χ1v) is 5.57. The lowest BCUT2D eigenvalue weighted by atomic mass is 10.3. The van der Waals surface area contributed by atoms with Gasteiger partial charge in [0.2, 0.25) is 0 Å². The summed E-state index contributed by atoms with van der Waals surface area (Å²) in [7, 11) is 0. The van der Waals surface area contributed by atoms with Crippen molar-refractivity contribution in [1.82, 2.24) is 15.5 Å². The molecular formula is C10H23N3. The summed E-state index contributed by atoms with van der Waals surface area (Å²) in [5.74, 6) is 0. The van der Waals surface area contributed by atoms with Crippen LogP contribution in [-0.4, -0.2) is 50.7 Å². The molecule has 0 atom stereocenters. The van der Waals surface area contributed by atoms with E-state index in [1.807, 2.05) is 0 Å². The summed E-state index contributed by atoms with van der Waals surface area (Å²) in [4.78, 5) is 2.52. The molecule has 78 valence electrons. The van der Waals surface area contributed by atoms with E-state index in [0.717, 1.165) is 19.6 Å². The van der Waals surface area contributed by atoms with Crippen LogP contribution in [0.4, 0.5) is 0 Å². The van der Waals surface area contributed by atoms with Crippen molar-refractivity contribution in [2.75, 3.05) is 45.8 Å². The van der Waals surface area contributed by atoms with Gasteiger partial charge in [-0.25, -0.2) is 0 Å². The summed E-state index contributed by atoms with van der Waals surface area (Å²) in [6.45, 7) is 10.5. The molecule has 0 radical (unpaired) electrons. The van der Waals surface area contributed by atoms with Gasteiger partial charge < -0.3 is 10.6 Å². The predicted octanol–water partition coefficient (Wildman–Crippen LogP) is 0.281. The highest BCUT2D eigenvalue weighted by atomic mass is 15.2. The maximum atomic E-state index is 3.47. The maximum Gasteiger partial charge on any atom is 0.0108 e. The molecular weight excluding hydrogens is 162 g/mol. The molecule has 13 heavy (non-hydrogen) atoms. The Morgan fingerprint density at radius 1 is 1.23 bits per heavy atom. The molecule has 1 heterocycles. The number of nitrogens with one attached hydrogen (secondary N) is 2. The summed E-state index contributed by atoms with van der Waals surface area (Å²) in [5, 5.41) is 6.83. The van der Waals surface area contributed by atoms with Crippen molar-refractivity contribution < 1.29 is 0 Å². The van der Waals surface area contributed by atoms with Crippen molar-refractivity contribution in [3.05, 3.63) is 0 Å². The first kappa shape index (κ1) is 11.0. The van der Waals surface area contributed by atoms with Gasteiger partial charge in [0.1, 0.15) is 0 Å². The molecule has 2 N–H and O–H groups in total. The number of piperazine rings is 1. The third kappa shape index (κ3) is 5.24. The molecule has 1 saturated heterocycles. The van der Waals surface area contributed by atoms with E-state index in [9.17, 15) is 0 Å². The monoisotopic (exact) mass is 185 g/mol. The number of hydrogen-bond donors (Lipinski definition) is 2. The molecule has 1 aliphatic heterocycles. The van der Waals surface area contributed by atoms with Crippen LogP contribution >= 0.6 is 0 Å². The van der Waals surface area contributed by atoms with Gasteiger partial charge in [0.15, 0.2) is 0 Å². The van der Waals surface area contributed by atoms with Crippen LogP contribution in [-0.2, 0) is 0 Å². The van der Waals surface area contributed by atoms with E-state index < -0.39 is 0 Å². The highest BCUT2D eigenvalue weighted by molar-refractivity contribution is 4.67. The second-order valence-corrected chi connectivity index (χ2v) is 3.70. The SMILES string of the molecule is CCCCNCCN1CCNCC1. The first-order valence-electron chi connectivity index (χ1n) is 5.57. The second kappa shape index (κ2) is 7.30. The molecule has 0 bridgehead atoms. The fourth-order valence-electron chi connectivity index (χ4n) is 1.60. The van der Waals surface area contributed by atoms with Crippen molar-refractivity contribution in [3.8, 4) is 0 Å².